The molecule has 0 heterocycles. The Morgan fingerprint density at radius 2 is 1.85 bits per heavy atom. The summed E-state index contributed by atoms with van der Waals surface area (Å²) in [6.45, 7) is 5.80. The first-order chi connectivity index (χ1) is 12.9. The zero-order chi connectivity index (χ0) is 19.7. The molecule has 0 bridgehead atoms. The molecule has 1 saturated carbocycles. The van der Waals surface area contributed by atoms with Crippen LogP contribution in [0.2, 0.25) is 0 Å². The van der Waals surface area contributed by atoms with Gasteiger partial charge in [-0.05, 0) is 38.7 Å². The van der Waals surface area contributed by atoms with E-state index in [1.165, 1.54) is 32.1 Å². The molecular formula is C22H35NO4. The van der Waals surface area contributed by atoms with E-state index >= 15 is 0 Å². The third-order valence-corrected chi connectivity index (χ3v) is 4.95. The minimum atomic E-state index is -0.556. The summed E-state index contributed by atoms with van der Waals surface area (Å²) in [6.07, 6.45) is 5.99. The molecule has 0 spiro atoms. The van der Waals surface area contributed by atoms with Gasteiger partial charge in [0, 0.05) is 0 Å². The number of ether oxygens (including phenoxy) is 2. The van der Waals surface area contributed by atoms with Gasteiger partial charge in [0.05, 0.1) is 19.3 Å². The van der Waals surface area contributed by atoms with Crippen LogP contribution < -0.4 is 5.32 Å². The lowest BCUT2D eigenvalue weighted by Crippen LogP contribution is -2.48. The van der Waals surface area contributed by atoms with Crippen LogP contribution in [0.3, 0.4) is 0 Å². The molecular weight excluding hydrogens is 342 g/mol. The number of carbonyl (C=O) groups excluding carboxylic acids is 1. The first-order valence-corrected chi connectivity index (χ1v) is 10.1. The molecule has 1 aromatic carbocycles. The number of benzene rings is 1. The highest BCUT2D eigenvalue weighted by molar-refractivity contribution is 5.68. The second kappa shape index (κ2) is 10.7. The maximum atomic E-state index is 12.3. The van der Waals surface area contributed by atoms with Crippen LogP contribution in [0.25, 0.3) is 0 Å². The highest BCUT2D eigenvalue weighted by Gasteiger charge is 2.29. The van der Waals surface area contributed by atoms with E-state index in [0.717, 1.165) is 12.0 Å². The summed E-state index contributed by atoms with van der Waals surface area (Å²) in [4.78, 5) is 12.3. The summed E-state index contributed by atoms with van der Waals surface area (Å²) >= 11 is 0. The van der Waals surface area contributed by atoms with Gasteiger partial charge >= 0.3 is 6.09 Å². The Labute approximate surface area is 163 Å². The molecule has 2 atom stereocenters. The predicted molar refractivity (Wildman–Crippen MR) is 106 cm³/mol. The van der Waals surface area contributed by atoms with Crippen molar-refractivity contribution in [2.45, 2.75) is 83.6 Å². The molecule has 1 amide bonds. The van der Waals surface area contributed by atoms with Gasteiger partial charge in [0.15, 0.2) is 0 Å². The summed E-state index contributed by atoms with van der Waals surface area (Å²) in [5.74, 6) is 0.549. The Kier molecular flexibility index (Phi) is 8.58. The monoisotopic (exact) mass is 377 g/mol. The molecule has 152 valence electrons. The van der Waals surface area contributed by atoms with Gasteiger partial charge in [-0.25, -0.2) is 4.79 Å². The van der Waals surface area contributed by atoms with Gasteiger partial charge in [-0.1, -0.05) is 62.4 Å². The van der Waals surface area contributed by atoms with Crippen LogP contribution in [0.1, 0.15) is 64.9 Å². The minimum Gasteiger partial charge on any atom is -0.444 e. The highest BCUT2D eigenvalue weighted by atomic mass is 16.6. The Morgan fingerprint density at radius 1 is 1.19 bits per heavy atom. The number of nitrogens with one attached hydrogen (secondary N) is 1. The van der Waals surface area contributed by atoms with Gasteiger partial charge in [0.2, 0.25) is 0 Å². The number of aliphatic hydroxyl groups is 1. The van der Waals surface area contributed by atoms with Crippen molar-refractivity contribution in [2.24, 2.45) is 5.92 Å². The van der Waals surface area contributed by atoms with E-state index in [2.05, 4.69) is 5.32 Å². The lowest BCUT2D eigenvalue weighted by Gasteiger charge is -2.32. The molecule has 0 aromatic heterocycles. The van der Waals surface area contributed by atoms with E-state index in [1.807, 2.05) is 51.1 Å². The van der Waals surface area contributed by atoms with Gasteiger partial charge < -0.3 is 19.9 Å². The van der Waals surface area contributed by atoms with Gasteiger partial charge in [-0.2, -0.15) is 0 Å². The molecule has 5 nitrogen and oxygen atoms in total. The van der Waals surface area contributed by atoms with Crippen LogP contribution in [-0.4, -0.2) is 35.6 Å². The molecule has 0 saturated heterocycles. The van der Waals surface area contributed by atoms with Crippen LogP contribution in [0.15, 0.2) is 30.3 Å². The molecule has 2 rings (SSSR count). The van der Waals surface area contributed by atoms with Crippen molar-refractivity contribution in [3.63, 3.8) is 0 Å². The van der Waals surface area contributed by atoms with Crippen molar-refractivity contribution in [3.05, 3.63) is 35.9 Å². The van der Waals surface area contributed by atoms with Gasteiger partial charge in [0.25, 0.3) is 0 Å². The van der Waals surface area contributed by atoms with Gasteiger partial charge in [0.1, 0.15) is 11.7 Å². The maximum Gasteiger partial charge on any atom is 0.407 e. The quantitative estimate of drug-likeness (QED) is 0.703. The molecule has 1 aliphatic rings. The fourth-order valence-corrected chi connectivity index (χ4v) is 3.62. The average Bonchev–Trinajstić information content (AvgIpc) is 2.62. The maximum absolute atomic E-state index is 12.3. The van der Waals surface area contributed by atoms with Crippen LogP contribution in [0, 0.1) is 5.92 Å². The topological polar surface area (TPSA) is 67.8 Å². The molecule has 0 radical (unpaired) electrons. The van der Waals surface area contributed by atoms with E-state index in [9.17, 15) is 9.90 Å². The van der Waals surface area contributed by atoms with Crippen LogP contribution in [0.4, 0.5) is 4.79 Å². The first kappa shape index (κ1) is 21.7. The average molecular weight is 378 g/mol. The molecule has 27 heavy (non-hydrogen) atoms. The molecule has 5 heteroatoms. The zero-order valence-corrected chi connectivity index (χ0v) is 16.9. The SMILES string of the molecule is CC(C)(C)OC(=O)N[C@H](CC1CCCCC1)[C@@H](CO)OCc1ccccc1. The van der Waals surface area contributed by atoms with Crippen LogP contribution in [0.5, 0.6) is 0 Å². The Hall–Kier alpha value is -1.59. The van der Waals surface area contributed by atoms with Crippen molar-refractivity contribution >= 4 is 6.09 Å². The summed E-state index contributed by atoms with van der Waals surface area (Å²) in [5, 5.41) is 12.9. The van der Waals surface area contributed by atoms with Crippen molar-refractivity contribution in [1.29, 1.82) is 0 Å². The second-order valence-electron chi connectivity index (χ2n) is 8.51. The standard InChI is InChI=1S/C22H35NO4/c1-22(2,3)27-21(25)23-19(14-17-10-6-4-7-11-17)20(15-24)26-16-18-12-8-5-9-13-18/h5,8-9,12-13,17,19-20,24H,4,6-7,10-11,14-16H2,1-3H3,(H,23,25)/t19-,20-/m1/s1. The number of hydrogen-bond donors (Lipinski definition) is 2. The Morgan fingerprint density at radius 3 is 2.44 bits per heavy atom. The summed E-state index contributed by atoms with van der Waals surface area (Å²) in [7, 11) is 0. The summed E-state index contributed by atoms with van der Waals surface area (Å²) in [6, 6.07) is 9.60. The number of rotatable bonds is 8. The third-order valence-electron chi connectivity index (χ3n) is 4.95. The number of amides is 1. The van der Waals surface area contributed by atoms with Crippen molar-refractivity contribution in [3.8, 4) is 0 Å². The zero-order valence-electron chi connectivity index (χ0n) is 16.9. The normalized spacial score (nSPS) is 17.9. The lowest BCUT2D eigenvalue weighted by molar-refractivity contribution is -0.0286. The van der Waals surface area contributed by atoms with Crippen molar-refractivity contribution in [2.75, 3.05) is 6.61 Å². The lowest BCUT2D eigenvalue weighted by atomic mass is 9.83. The molecule has 1 fully saturated rings. The fraction of sp³-hybridized carbons (Fsp3) is 0.682. The smallest absolute Gasteiger partial charge is 0.407 e. The number of aliphatic hydroxyl groups excluding tert-OH is 1. The first-order valence-electron chi connectivity index (χ1n) is 10.1. The van der Waals surface area contributed by atoms with Crippen molar-refractivity contribution in [1.82, 2.24) is 5.32 Å². The fourth-order valence-electron chi connectivity index (χ4n) is 3.62. The predicted octanol–water partition coefficient (Wildman–Crippen LogP) is 4.43. The molecule has 0 unspecified atom stereocenters. The van der Waals surface area contributed by atoms with E-state index in [1.54, 1.807) is 0 Å². The highest BCUT2D eigenvalue weighted by Crippen LogP contribution is 2.28. The van der Waals surface area contributed by atoms with Crippen LogP contribution in [-0.2, 0) is 16.1 Å². The molecule has 0 aliphatic heterocycles. The molecule has 1 aliphatic carbocycles. The van der Waals surface area contributed by atoms with Crippen LogP contribution >= 0.6 is 0 Å². The Bertz CT molecular complexity index is 549. The molecule has 2 N–H and O–H groups in total. The van der Waals surface area contributed by atoms with Crippen molar-refractivity contribution < 1.29 is 19.4 Å². The molecule has 1 aromatic rings. The minimum absolute atomic E-state index is 0.139. The van der Waals surface area contributed by atoms with Gasteiger partial charge in [-0.15, -0.1) is 0 Å². The third kappa shape index (κ3) is 8.31. The largest absolute Gasteiger partial charge is 0.444 e. The van der Waals surface area contributed by atoms with E-state index < -0.39 is 17.8 Å². The summed E-state index contributed by atoms with van der Waals surface area (Å²) < 4.78 is 11.4. The number of hydrogen-bond acceptors (Lipinski definition) is 4. The van der Waals surface area contributed by atoms with E-state index in [-0.39, 0.29) is 12.6 Å². The number of carbonyl (C=O) groups is 1. The summed E-state index contributed by atoms with van der Waals surface area (Å²) in [5.41, 5.74) is 0.489. The number of alkyl carbamates (subject to hydrolysis) is 1. The van der Waals surface area contributed by atoms with E-state index in [0.29, 0.717) is 12.5 Å². The second-order valence-corrected chi connectivity index (χ2v) is 8.51. The Balaban J connectivity index is 2.01. The van der Waals surface area contributed by atoms with E-state index in [4.69, 9.17) is 9.47 Å². The van der Waals surface area contributed by atoms with Gasteiger partial charge in [-0.3, -0.25) is 0 Å².